The van der Waals surface area contributed by atoms with Gasteiger partial charge in [-0.1, -0.05) is 16.6 Å². The number of esters is 1. The van der Waals surface area contributed by atoms with Gasteiger partial charge in [-0.25, -0.2) is 9.78 Å². The Morgan fingerprint density at radius 2 is 2.15 bits per heavy atom. The minimum atomic E-state index is -0.646. The summed E-state index contributed by atoms with van der Waals surface area (Å²) < 4.78 is 9.92. The number of hydrogen-bond acceptors (Lipinski definition) is 8. The minimum Gasteiger partial charge on any atom is -0.461 e. The van der Waals surface area contributed by atoms with E-state index in [9.17, 15) is 14.4 Å². The van der Waals surface area contributed by atoms with E-state index in [4.69, 9.17) is 4.74 Å². The predicted molar refractivity (Wildman–Crippen MR) is 99.9 cm³/mol. The number of para-hydroxylation sites is 1. The molecule has 0 aliphatic carbocycles. The Hall–Kier alpha value is -3.14. The normalized spacial score (nSPS) is 10.7. The van der Waals surface area contributed by atoms with E-state index < -0.39 is 5.97 Å². The average molecular weight is 387 g/mol. The van der Waals surface area contributed by atoms with E-state index in [0.29, 0.717) is 10.9 Å². The second-order valence-electron chi connectivity index (χ2n) is 5.68. The lowest BCUT2D eigenvalue weighted by Crippen LogP contribution is -2.24. The quantitative estimate of drug-likeness (QED) is 0.641. The number of fused-ring (bicyclic) bond motifs is 1. The lowest BCUT2D eigenvalue weighted by Gasteiger charge is -2.08. The number of carbonyl (C=O) groups is 2. The summed E-state index contributed by atoms with van der Waals surface area (Å²) in [4.78, 5) is 40.8. The fourth-order valence-corrected chi connectivity index (χ4v) is 3.09. The number of ether oxygens (including phenoxy) is 1. The molecule has 0 atom stereocenters. The van der Waals surface area contributed by atoms with Crippen LogP contribution in [0.3, 0.4) is 0 Å². The molecule has 0 aliphatic heterocycles. The van der Waals surface area contributed by atoms with E-state index in [1.54, 1.807) is 19.1 Å². The largest absolute Gasteiger partial charge is 0.461 e. The molecule has 2 heterocycles. The molecule has 2 aromatic heterocycles. The first-order chi connectivity index (χ1) is 13.0. The van der Waals surface area contributed by atoms with Crippen LogP contribution in [0, 0.1) is 6.92 Å². The van der Waals surface area contributed by atoms with Crippen LogP contribution in [0.5, 0.6) is 0 Å². The number of amides is 1. The van der Waals surface area contributed by atoms with Crippen LogP contribution in [0.4, 0.5) is 5.00 Å². The first-order valence-electron chi connectivity index (χ1n) is 8.25. The van der Waals surface area contributed by atoms with Crippen molar-refractivity contribution >= 4 is 39.3 Å². The molecule has 1 aromatic carbocycles. The standard InChI is InChI=1S/C17H17N5O4S/c1-3-26-17(25)14-15(27-21-20-14)19-12(23)7-8-22-9-18-13-10(2)5-4-6-11(13)16(22)24/h4-6,9H,3,7-8H2,1-2H3,(H,19,23). The van der Waals surface area contributed by atoms with Crippen molar-refractivity contribution < 1.29 is 14.3 Å². The van der Waals surface area contributed by atoms with E-state index in [2.05, 4.69) is 19.9 Å². The third kappa shape index (κ3) is 4.00. The number of nitrogens with one attached hydrogen (secondary N) is 1. The Bertz CT molecular complexity index is 1060. The number of aromatic nitrogens is 4. The molecule has 0 spiro atoms. The van der Waals surface area contributed by atoms with Crippen molar-refractivity contribution in [2.75, 3.05) is 11.9 Å². The molecule has 1 N–H and O–H groups in total. The van der Waals surface area contributed by atoms with Gasteiger partial charge >= 0.3 is 5.97 Å². The lowest BCUT2D eigenvalue weighted by atomic mass is 10.1. The summed E-state index contributed by atoms with van der Waals surface area (Å²) in [5, 5.41) is 6.99. The Balaban J connectivity index is 1.69. The van der Waals surface area contributed by atoms with Crippen molar-refractivity contribution in [1.29, 1.82) is 0 Å². The summed E-state index contributed by atoms with van der Waals surface area (Å²) in [5.74, 6) is -1.02. The van der Waals surface area contributed by atoms with E-state index in [-0.39, 0.29) is 41.7 Å². The lowest BCUT2D eigenvalue weighted by molar-refractivity contribution is -0.116. The smallest absolute Gasteiger partial charge is 0.362 e. The van der Waals surface area contributed by atoms with Crippen molar-refractivity contribution in [3.05, 3.63) is 46.1 Å². The Kier molecular flexibility index (Phi) is 5.55. The first kappa shape index (κ1) is 18.6. The van der Waals surface area contributed by atoms with Gasteiger partial charge in [0.1, 0.15) is 0 Å². The second kappa shape index (κ2) is 8.04. The van der Waals surface area contributed by atoms with Crippen LogP contribution in [0.2, 0.25) is 0 Å². The van der Waals surface area contributed by atoms with Gasteiger partial charge in [-0.15, -0.1) is 5.10 Å². The third-order valence-electron chi connectivity index (χ3n) is 3.84. The van der Waals surface area contributed by atoms with Crippen molar-refractivity contribution in [1.82, 2.24) is 19.1 Å². The molecule has 10 heteroatoms. The van der Waals surface area contributed by atoms with Crippen LogP contribution in [-0.4, -0.2) is 37.6 Å². The highest BCUT2D eigenvalue weighted by molar-refractivity contribution is 7.10. The van der Waals surface area contributed by atoms with Crippen LogP contribution >= 0.6 is 11.5 Å². The number of rotatable bonds is 6. The van der Waals surface area contributed by atoms with Crippen LogP contribution in [0.25, 0.3) is 10.9 Å². The zero-order valence-corrected chi connectivity index (χ0v) is 15.6. The highest BCUT2D eigenvalue weighted by atomic mass is 32.1. The molecule has 9 nitrogen and oxygen atoms in total. The molecule has 0 fully saturated rings. The highest BCUT2D eigenvalue weighted by Crippen LogP contribution is 2.19. The summed E-state index contributed by atoms with van der Waals surface area (Å²) >= 11 is 0.886. The van der Waals surface area contributed by atoms with Gasteiger partial charge in [-0.2, -0.15) is 0 Å². The molecule has 27 heavy (non-hydrogen) atoms. The number of carbonyl (C=O) groups excluding carboxylic acids is 2. The van der Waals surface area contributed by atoms with Gasteiger partial charge in [0.05, 0.1) is 23.8 Å². The van der Waals surface area contributed by atoms with E-state index >= 15 is 0 Å². The predicted octanol–water partition coefficient (Wildman–Crippen LogP) is 1.76. The summed E-state index contributed by atoms with van der Waals surface area (Å²) in [6.07, 6.45) is 1.46. The van der Waals surface area contributed by atoms with Crippen LogP contribution in [0.15, 0.2) is 29.3 Å². The molecule has 0 saturated heterocycles. The van der Waals surface area contributed by atoms with E-state index in [0.717, 1.165) is 17.1 Å². The topological polar surface area (TPSA) is 116 Å². The van der Waals surface area contributed by atoms with Gasteiger partial charge < -0.3 is 10.1 Å². The molecule has 3 rings (SSSR count). The maximum atomic E-state index is 12.5. The van der Waals surface area contributed by atoms with E-state index in [1.807, 2.05) is 13.0 Å². The summed E-state index contributed by atoms with van der Waals surface area (Å²) in [7, 11) is 0. The van der Waals surface area contributed by atoms with Crippen LogP contribution in [-0.2, 0) is 16.1 Å². The minimum absolute atomic E-state index is 0.0269. The molecule has 1 amide bonds. The number of aryl methyl sites for hydroxylation is 2. The Morgan fingerprint density at radius 3 is 2.93 bits per heavy atom. The van der Waals surface area contributed by atoms with Crippen molar-refractivity contribution in [3.8, 4) is 0 Å². The third-order valence-corrected chi connectivity index (χ3v) is 4.49. The molecule has 0 bridgehead atoms. The fourth-order valence-electron chi connectivity index (χ4n) is 2.51. The monoisotopic (exact) mass is 387 g/mol. The average Bonchev–Trinajstić information content (AvgIpc) is 3.10. The molecule has 3 aromatic rings. The van der Waals surface area contributed by atoms with Crippen LogP contribution < -0.4 is 10.9 Å². The SMILES string of the molecule is CCOC(=O)c1nnsc1NC(=O)CCn1cnc2c(C)cccc2c1=O. The molecule has 0 aliphatic rings. The summed E-state index contributed by atoms with van der Waals surface area (Å²) in [6, 6.07) is 5.39. The number of benzene rings is 1. The van der Waals surface area contributed by atoms with Gasteiger partial charge in [-0.05, 0) is 25.5 Å². The number of hydrogen-bond donors (Lipinski definition) is 1. The Labute approximate surface area is 158 Å². The maximum absolute atomic E-state index is 12.5. The molecule has 140 valence electrons. The summed E-state index contributed by atoms with van der Waals surface area (Å²) in [6.45, 7) is 3.91. The zero-order valence-electron chi connectivity index (χ0n) is 14.8. The number of anilines is 1. The molecule has 0 saturated carbocycles. The molecular weight excluding hydrogens is 370 g/mol. The van der Waals surface area contributed by atoms with Gasteiger partial charge in [0, 0.05) is 24.5 Å². The van der Waals surface area contributed by atoms with E-state index in [1.165, 1.54) is 10.9 Å². The van der Waals surface area contributed by atoms with Gasteiger partial charge in [0.2, 0.25) is 11.6 Å². The molecular formula is C17H17N5O4S. The first-order valence-corrected chi connectivity index (χ1v) is 9.02. The zero-order chi connectivity index (χ0) is 19.4. The van der Waals surface area contributed by atoms with Gasteiger partial charge in [-0.3, -0.25) is 14.2 Å². The van der Waals surface area contributed by atoms with Crippen molar-refractivity contribution in [2.45, 2.75) is 26.8 Å². The van der Waals surface area contributed by atoms with Gasteiger partial charge in [0.15, 0.2) is 5.00 Å². The Morgan fingerprint density at radius 1 is 1.33 bits per heavy atom. The van der Waals surface area contributed by atoms with Crippen LogP contribution in [0.1, 0.15) is 29.4 Å². The number of nitrogens with zero attached hydrogens (tertiary/aromatic N) is 4. The fraction of sp³-hybridized carbons (Fsp3) is 0.294. The highest BCUT2D eigenvalue weighted by Gasteiger charge is 2.19. The van der Waals surface area contributed by atoms with Crippen molar-refractivity contribution in [2.24, 2.45) is 0 Å². The van der Waals surface area contributed by atoms with Gasteiger partial charge in [0.25, 0.3) is 5.56 Å². The summed E-state index contributed by atoms with van der Waals surface area (Å²) in [5.41, 5.74) is 1.33. The second-order valence-corrected chi connectivity index (χ2v) is 6.44. The molecule has 0 radical (unpaired) electrons. The maximum Gasteiger partial charge on any atom is 0.362 e. The molecule has 0 unspecified atom stereocenters. The van der Waals surface area contributed by atoms with Crippen molar-refractivity contribution in [3.63, 3.8) is 0 Å².